The maximum Gasteiger partial charge on any atom is 0.410 e. The number of nitrogens with zero attached hydrogens (tertiary/aromatic N) is 2. The molecule has 1 fully saturated rings. The Hall–Kier alpha value is -2.50. The summed E-state index contributed by atoms with van der Waals surface area (Å²) >= 11 is 0. The first kappa shape index (κ1) is 20.2. The van der Waals surface area contributed by atoms with Crippen molar-refractivity contribution >= 4 is 22.9 Å². The Labute approximate surface area is 166 Å². The van der Waals surface area contributed by atoms with Gasteiger partial charge in [0.15, 0.2) is 0 Å². The SMILES string of the molecule is CN(CC1CCN(C(=O)OC(C)(C)C)CC1)C(=O)Cc1c[nH]c2ccccc12. The highest BCUT2D eigenvalue weighted by Gasteiger charge is 2.28. The van der Waals surface area contributed by atoms with E-state index in [2.05, 4.69) is 4.98 Å². The molecule has 28 heavy (non-hydrogen) atoms. The van der Waals surface area contributed by atoms with E-state index in [9.17, 15) is 9.59 Å². The van der Waals surface area contributed by atoms with Gasteiger partial charge < -0.3 is 19.5 Å². The Kier molecular flexibility index (Phi) is 5.96. The van der Waals surface area contributed by atoms with E-state index in [4.69, 9.17) is 4.74 Å². The maximum atomic E-state index is 12.7. The molecule has 6 nitrogen and oxygen atoms in total. The summed E-state index contributed by atoms with van der Waals surface area (Å²) in [5, 5.41) is 1.11. The molecule has 3 rings (SSSR count). The lowest BCUT2D eigenvalue weighted by atomic mass is 9.96. The number of nitrogens with one attached hydrogen (secondary N) is 1. The van der Waals surface area contributed by atoms with Crippen LogP contribution in [0.3, 0.4) is 0 Å². The predicted molar refractivity (Wildman–Crippen MR) is 110 cm³/mol. The van der Waals surface area contributed by atoms with Crippen LogP contribution in [0.4, 0.5) is 4.79 Å². The van der Waals surface area contributed by atoms with Gasteiger partial charge in [-0.3, -0.25) is 4.79 Å². The van der Waals surface area contributed by atoms with Crippen molar-refractivity contribution in [2.24, 2.45) is 5.92 Å². The standard InChI is InChI=1S/C22H31N3O3/c1-22(2,3)28-21(27)25-11-9-16(10-12-25)15-24(4)20(26)13-17-14-23-19-8-6-5-7-18(17)19/h5-8,14,16,23H,9-13,15H2,1-4H3. The molecule has 6 heteroatoms. The van der Waals surface area contributed by atoms with Gasteiger partial charge in [0, 0.05) is 43.8 Å². The average Bonchev–Trinajstić information content (AvgIpc) is 3.04. The molecular weight excluding hydrogens is 354 g/mol. The Bertz CT molecular complexity index is 829. The molecule has 1 aromatic carbocycles. The molecule has 0 bridgehead atoms. The van der Waals surface area contributed by atoms with E-state index in [1.807, 2.05) is 63.2 Å². The number of aromatic nitrogens is 1. The largest absolute Gasteiger partial charge is 0.444 e. The molecular formula is C22H31N3O3. The average molecular weight is 386 g/mol. The van der Waals surface area contributed by atoms with Crippen molar-refractivity contribution in [3.63, 3.8) is 0 Å². The van der Waals surface area contributed by atoms with Crippen LogP contribution in [-0.4, -0.2) is 59.1 Å². The number of piperidine rings is 1. The highest BCUT2D eigenvalue weighted by atomic mass is 16.6. The Morgan fingerprint density at radius 3 is 2.57 bits per heavy atom. The van der Waals surface area contributed by atoms with Crippen LogP contribution >= 0.6 is 0 Å². The van der Waals surface area contributed by atoms with Gasteiger partial charge >= 0.3 is 6.09 Å². The van der Waals surface area contributed by atoms with Gasteiger partial charge in [0.2, 0.25) is 5.91 Å². The Morgan fingerprint density at radius 1 is 1.21 bits per heavy atom. The lowest BCUT2D eigenvalue weighted by Crippen LogP contribution is -2.44. The van der Waals surface area contributed by atoms with E-state index in [0.717, 1.165) is 35.9 Å². The third-order valence-corrected chi connectivity index (χ3v) is 5.24. The second-order valence-electron chi connectivity index (χ2n) is 8.72. The fourth-order valence-corrected chi connectivity index (χ4v) is 3.69. The number of ether oxygens (including phenoxy) is 1. The minimum Gasteiger partial charge on any atom is -0.444 e. The fourth-order valence-electron chi connectivity index (χ4n) is 3.69. The molecule has 1 aromatic heterocycles. The molecule has 0 atom stereocenters. The van der Waals surface area contributed by atoms with Gasteiger partial charge in [0.05, 0.1) is 6.42 Å². The number of aromatic amines is 1. The number of likely N-dealkylation sites (N-methyl/N-ethyl adjacent to an activating group) is 1. The third kappa shape index (κ3) is 5.06. The zero-order valence-electron chi connectivity index (χ0n) is 17.3. The zero-order valence-corrected chi connectivity index (χ0v) is 17.3. The first-order valence-electron chi connectivity index (χ1n) is 10.00. The van der Waals surface area contributed by atoms with Gasteiger partial charge in [0.25, 0.3) is 0 Å². The van der Waals surface area contributed by atoms with Crippen LogP contribution in [0.2, 0.25) is 0 Å². The molecule has 1 aliphatic heterocycles. The number of hydrogen-bond donors (Lipinski definition) is 1. The molecule has 1 aliphatic rings. The van der Waals surface area contributed by atoms with Crippen LogP contribution in [0.1, 0.15) is 39.2 Å². The number of amides is 2. The first-order chi connectivity index (χ1) is 13.2. The zero-order chi connectivity index (χ0) is 20.3. The molecule has 152 valence electrons. The highest BCUT2D eigenvalue weighted by Crippen LogP contribution is 2.22. The van der Waals surface area contributed by atoms with Crippen molar-refractivity contribution in [2.45, 2.75) is 45.6 Å². The van der Waals surface area contributed by atoms with Gasteiger partial charge in [-0.1, -0.05) is 18.2 Å². The normalized spacial score (nSPS) is 15.6. The summed E-state index contributed by atoms with van der Waals surface area (Å²) < 4.78 is 5.45. The van der Waals surface area contributed by atoms with Gasteiger partial charge in [-0.05, 0) is 51.2 Å². The summed E-state index contributed by atoms with van der Waals surface area (Å²) in [7, 11) is 1.87. The summed E-state index contributed by atoms with van der Waals surface area (Å²) in [6.45, 7) is 7.74. The quantitative estimate of drug-likeness (QED) is 0.870. The lowest BCUT2D eigenvalue weighted by Gasteiger charge is -2.34. The molecule has 2 aromatic rings. The summed E-state index contributed by atoms with van der Waals surface area (Å²) in [6.07, 6.45) is 3.87. The van der Waals surface area contributed by atoms with E-state index < -0.39 is 5.60 Å². The van der Waals surface area contributed by atoms with Crippen molar-refractivity contribution < 1.29 is 14.3 Å². The minimum absolute atomic E-state index is 0.124. The third-order valence-electron chi connectivity index (χ3n) is 5.24. The van der Waals surface area contributed by atoms with Gasteiger partial charge in [0.1, 0.15) is 5.60 Å². The van der Waals surface area contributed by atoms with Crippen molar-refractivity contribution in [2.75, 3.05) is 26.7 Å². The van der Waals surface area contributed by atoms with Crippen LogP contribution < -0.4 is 0 Å². The number of carbonyl (C=O) groups excluding carboxylic acids is 2. The molecule has 1 N–H and O–H groups in total. The van der Waals surface area contributed by atoms with E-state index in [0.29, 0.717) is 25.4 Å². The van der Waals surface area contributed by atoms with E-state index >= 15 is 0 Å². The number of H-pyrrole nitrogens is 1. The maximum absolute atomic E-state index is 12.7. The molecule has 0 saturated carbocycles. The second kappa shape index (κ2) is 8.25. The van der Waals surface area contributed by atoms with Crippen LogP contribution in [0.15, 0.2) is 30.5 Å². The molecule has 0 radical (unpaired) electrons. The highest BCUT2D eigenvalue weighted by molar-refractivity contribution is 5.88. The summed E-state index contributed by atoms with van der Waals surface area (Å²) in [5.41, 5.74) is 1.62. The number of fused-ring (bicyclic) bond motifs is 1. The van der Waals surface area contributed by atoms with Crippen molar-refractivity contribution in [1.82, 2.24) is 14.8 Å². The number of carbonyl (C=O) groups is 2. The number of likely N-dealkylation sites (tertiary alicyclic amines) is 1. The number of benzene rings is 1. The number of rotatable bonds is 4. The van der Waals surface area contributed by atoms with Gasteiger partial charge in [-0.2, -0.15) is 0 Å². The number of hydrogen-bond acceptors (Lipinski definition) is 3. The Balaban J connectivity index is 1.48. The number of para-hydroxylation sites is 1. The molecule has 0 spiro atoms. The summed E-state index contributed by atoms with van der Waals surface area (Å²) in [4.78, 5) is 31.7. The van der Waals surface area contributed by atoms with Gasteiger partial charge in [-0.15, -0.1) is 0 Å². The van der Waals surface area contributed by atoms with E-state index in [-0.39, 0.29) is 12.0 Å². The van der Waals surface area contributed by atoms with Crippen LogP contribution in [0, 0.1) is 5.92 Å². The minimum atomic E-state index is -0.469. The monoisotopic (exact) mass is 385 g/mol. The molecule has 1 saturated heterocycles. The predicted octanol–water partition coefficient (Wildman–Crippen LogP) is 3.82. The Morgan fingerprint density at radius 2 is 1.89 bits per heavy atom. The first-order valence-corrected chi connectivity index (χ1v) is 10.00. The van der Waals surface area contributed by atoms with Crippen LogP contribution in [-0.2, 0) is 16.0 Å². The smallest absolute Gasteiger partial charge is 0.410 e. The molecule has 2 heterocycles. The van der Waals surface area contributed by atoms with Crippen LogP contribution in [0.5, 0.6) is 0 Å². The fraction of sp³-hybridized carbons (Fsp3) is 0.545. The molecule has 0 unspecified atom stereocenters. The van der Waals surface area contributed by atoms with E-state index in [1.165, 1.54) is 0 Å². The van der Waals surface area contributed by atoms with Crippen LogP contribution in [0.25, 0.3) is 10.9 Å². The summed E-state index contributed by atoms with van der Waals surface area (Å²) in [6, 6.07) is 8.04. The van der Waals surface area contributed by atoms with E-state index in [1.54, 1.807) is 4.90 Å². The van der Waals surface area contributed by atoms with Crippen molar-refractivity contribution in [3.05, 3.63) is 36.0 Å². The molecule has 2 amide bonds. The molecule has 0 aliphatic carbocycles. The van der Waals surface area contributed by atoms with Crippen molar-refractivity contribution in [1.29, 1.82) is 0 Å². The van der Waals surface area contributed by atoms with Gasteiger partial charge in [-0.25, -0.2) is 4.79 Å². The summed E-state index contributed by atoms with van der Waals surface area (Å²) in [5.74, 6) is 0.537. The lowest BCUT2D eigenvalue weighted by molar-refractivity contribution is -0.129. The topological polar surface area (TPSA) is 65.6 Å². The van der Waals surface area contributed by atoms with Crippen molar-refractivity contribution in [3.8, 4) is 0 Å². The second-order valence-corrected chi connectivity index (χ2v) is 8.72.